The zero-order valence-electron chi connectivity index (χ0n) is 5.30. The quantitative estimate of drug-likeness (QED) is 0.629. The molecule has 0 atom stereocenters. The van der Waals surface area contributed by atoms with Crippen molar-refractivity contribution in [2.45, 2.75) is 6.92 Å². The summed E-state index contributed by atoms with van der Waals surface area (Å²) in [7, 11) is 0. The van der Waals surface area contributed by atoms with Crippen LogP contribution in [0.2, 0.25) is 0 Å². The number of aromatic nitrogens is 1. The maximum Gasteiger partial charge on any atom is 0.260 e. The lowest BCUT2D eigenvalue weighted by molar-refractivity contribution is 0.100. The monoisotopic (exact) mass is 174 g/mol. The van der Waals surface area contributed by atoms with E-state index in [1.807, 2.05) is 0 Å². The maximum atomic E-state index is 10.6. The Kier molecular flexibility index (Phi) is 1.87. The Bertz CT molecular complexity index is 312. The van der Waals surface area contributed by atoms with E-state index in [9.17, 15) is 4.79 Å². The van der Waals surface area contributed by atoms with Crippen molar-refractivity contribution in [1.29, 1.82) is 0 Å². The summed E-state index contributed by atoms with van der Waals surface area (Å²) in [4.78, 5) is 13.9. The smallest absolute Gasteiger partial charge is 0.260 e. The second kappa shape index (κ2) is 2.51. The van der Waals surface area contributed by atoms with Gasteiger partial charge in [-0.05, 0) is 19.1 Å². The lowest BCUT2D eigenvalue weighted by atomic mass is 10.4. The molecule has 1 aromatic rings. The van der Waals surface area contributed by atoms with Crippen molar-refractivity contribution in [3.05, 3.63) is 14.5 Å². The number of thiazole rings is 1. The van der Waals surface area contributed by atoms with Crippen LogP contribution in [0.3, 0.4) is 0 Å². The van der Waals surface area contributed by atoms with Crippen LogP contribution in [0.1, 0.15) is 15.4 Å². The van der Waals surface area contributed by atoms with Gasteiger partial charge in [0.15, 0.2) is 3.95 Å². The van der Waals surface area contributed by atoms with E-state index < -0.39 is 5.91 Å². The summed E-state index contributed by atoms with van der Waals surface area (Å²) in [5.41, 5.74) is 5.79. The molecule has 54 valence electrons. The predicted molar refractivity (Wildman–Crippen MR) is 42.8 cm³/mol. The van der Waals surface area contributed by atoms with Gasteiger partial charge in [0.2, 0.25) is 0 Å². The first-order chi connectivity index (χ1) is 4.61. The molecule has 0 aliphatic heterocycles. The number of H-pyrrole nitrogens is 1. The Morgan fingerprint density at radius 2 is 2.40 bits per heavy atom. The van der Waals surface area contributed by atoms with Gasteiger partial charge in [-0.15, -0.1) is 0 Å². The lowest BCUT2D eigenvalue weighted by Crippen LogP contribution is -2.09. The molecule has 1 amide bonds. The average molecular weight is 174 g/mol. The lowest BCUT2D eigenvalue weighted by Gasteiger charge is -1.86. The summed E-state index contributed by atoms with van der Waals surface area (Å²) >= 11 is 6.00. The highest BCUT2D eigenvalue weighted by Crippen LogP contribution is 2.12. The fourth-order valence-corrected chi connectivity index (χ4v) is 1.74. The summed E-state index contributed by atoms with van der Waals surface area (Å²) < 4.78 is 0.589. The molecule has 0 aliphatic carbocycles. The third kappa shape index (κ3) is 1.25. The zero-order valence-corrected chi connectivity index (χ0v) is 6.94. The van der Waals surface area contributed by atoms with E-state index in [1.165, 1.54) is 11.3 Å². The van der Waals surface area contributed by atoms with Crippen LogP contribution in [0.15, 0.2) is 0 Å². The topological polar surface area (TPSA) is 58.9 Å². The van der Waals surface area contributed by atoms with Crippen LogP contribution < -0.4 is 5.73 Å². The molecule has 0 unspecified atom stereocenters. The number of nitrogens with one attached hydrogen (secondary N) is 1. The van der Waals surface area contributed by atoms with Crippen LogP contribution in [-0.2, 0) is 0 Å². The molecule has 3 nitrogen and oxygen atoms in total. The van der Waals surface area contributed by atoms with Gasteiger partial charge in [0.25, 0.3) is 5.91 Å². The van der Waals surface area contributed by atoms with Crippen molar-refractivity contribution >= 4 is 29.5 Å². The predicted octanol–water partition coefficient (Wildman–Crippen LogP) is 1.21. The summed E-state index contributed by atoms with van der Waals surface area (Å²) in [6.07, 6.45) is 0. The fraction of sp³-hybridized carbons (Fsp3) is 0.200. The first-order valence-electron chi connectivity index (χ1n) is 2.61. The molecule has 0 fully saturated rings. The average Bonchev–Trinajstić information content (AvgIpc) is 2.10. The number of rotatable bonds is 1. The molecule has 0 radical (unpaired) electrons. The molecular formula is C5H6N2OS2. The Morgan fingerprint density at radius 3 is 2.60 bits per heavy atom. The van der Waals surface area contributed by atoms with Gasteiger partial charge < -0.3 is 10.7 Å². The minimum atomic E-state index is -0.421. The fourth-order valence-electron chi connectivity index (χ4n) is 0.640. The summed E-state index contributed by atoms with van der Waals surface area (Å²) in [5, 5.41) is 0. The second-order valence-corrected chi connectivity index (χ2v) is 3.52. The maximum absolute atomic E-state index is 10.6. The minimum absolute atomic E-state index is 0.421. The van der Waals surface area contributed by atoms with Crippen LogP contribution in [0, 0.1) is 10.9 Å². The second-order valence-electron chi connectivity index (χ2n) is 1.83. The standard InChI is InChI=1S/C5H6N2OS2/c1-2-3(4(6)8)10-5(9)7-2/h1H3,(H2,6,8)(H,7,9). The summed E-state index contributed by atoms with van der Waals surface area (Å²) in [5.74, 6) is -0.421. The molecule has 10 heavy (non-hydrogen) atoms. The molecular weight excluding hydrogens is 168 g/mol. The normalized spacial score (nSPS) is 9.70. The number of hydrogen-bond acceptors (Lipinski definition) is 3. The third-order valence-corrected chi connectivity index (χ3v) is 2.40. The highest BCUT2D eigenvalue weighted by molar-refractivity contribution is 7.73. The molecule has 5 heteroatoms. The number of aromatic amines is 1. The third-order valence-electron chi connectivity index (χ3n) is 1.05. The summed E-state index contributed by atoms with van der Waals surface area (Å²) in [6.45, 7) is 1.77. The van der Waals surface area contributed by atoms with E-state index in [4.69, 9.17) is 18.0 Å². The molecule has 0 aromatic carbocycles. The van der Waals surface area contributed by atoms with Gasteiger partial charge in [0.1, 0.15) is 4.88 Å². The Hall–Kier alpha value is -0.680. The van der Waals surface area contributed by atoms with Crippen LogP contribution in [0.5, 0.6) is 0 Å². The van der Waals surface area contributed by atoms with Crippen LogP contribution in [0.4, 0.5) is 0 Å². The van der Waals surface area contributed by atoms with Gasteiger partial charge in [-0.3, -0.25) is 4.79 Å². The number of hydrogen-bond donors (Lipinski definition) is 2. The molecule has 1 heterocycles. The van der Waals surface area contributed by atoms with Crippen molar-refractivity contribution in [3.63, 3.8) is 0 Å². The van der Waals surface area contributed by atoms with Crippen LogP contribution in [0.25, 0.3) is 0 Å². The van der Waals surface area contributed by atoms with E-state index in [0.717, 1.165) is 5.69 Å². The molecule has 3 N–H and O–H groups in total. The Morgan fingerprint density at radius 1 is 1.80 bits per heavy atom. The van der Waals surface area contributed by atoms with E-state index in [2.05, 4.69) is 4.98 Å². The SMILES string of the molecule is Cc1[nH]c(=S)sc1C(N)=O. The van der Waals surface area contributed by atoms with E-state index >= 15 is 0 Å². The minimum Gasteiger partial charge on any atom is -0.365 e. The number of carbonyl (C=O) groups excluding carboxylic acids is 1. The van der Waals surface area contributed by atoms with Gasteiger partial charge in [0, 0.05) is 5.69 Å². The van der Waals surface area contributed by atoms with Crippen molar-refractivity contribution in [2.24, 2.45) is 5.73 Å². The van der Waals surface area contributed by atoms with E-state index in [1.54, 1.807) is 6.92 Å². The van der Waals surface area contributed by atoms with Gasteiger partial charge in [-0.2, -0.15) is 0 Å². The van der Waals surface area contributed by atoms with Crippen LogP contribution >= 0.6 is 23.6 Å². The van der Waals surface area contributed by atoms with E-state index in [0.29, 0.717) is 8.83 Å². The number of nitrogens with two attached hydrogens (primary N) is 1. The molecule has 0 spiro atoms. The number of aryl methyl sites for hydroxylation is 1. The largest absolute Gasteiger partial charge is 0.365 e. The highest BCUT2D eigenvalue weighted by Gasteiger charge is 2.06. The first kappa shape index (κ1) is 7.43. The van der Waals surface area contributed by atoms with Crippen LogP contribution in [-0.4, -0.2) is 10.9 Å². The highest BCUT2D eigenvalue weighted by atomic mass is 32.1. The van der Waals surface area contributed by atoms with Gasteiger partial charge in [-0.25, -0.2) is 0 Å². The number of amides is 1. The molecule has 0 saturated heterocycles. The Balaban J connectivity index is 3.28. The van der Waals surface area contributed by atoms with Gasteiger partial charge in [0.05, 0.1) is 0 Å². The Labute approximate surface area is 66.9 Å². The summed E-state index contributed by atoms with van der Waals surface area (Å²) in [6, 6.07) is 0. The molecule has 0 aliphatic rings. The van der Waals surface area contributed by atoms with Crippen molar-refractivity contribution in [1.82, 2.24) is 4.98 Å². The van der Waals surface area contributed by atoms with Gasteiger partial charge >= 0.3 is 0 Å². The zero-order chi connectivity index (χ0) is 7.72. The molecule has 1 aromatic heterocycles. The van der Waals surface area contributed by atoms with Crippen molar-refractivity contribution in [3.8, 4) is 0 Å². The van der Waals surface area contributed by atoms with Gasteiger partial charge in [-0.1, -0.05) is 11.3 Å². The number of carbonyl (C=O) groups is 1. The molecule has 0 saturated carbocycles. The molecule has 0 bridgehead atoms. The first-order valence-corrected chi connectivity index (χ1v) is 3.83. The molecule has 1 rings (SSSR count). The van der Waals surface area contributed by atoms with Crippen molar-refractivity contribution in [2.75, 3.05) is 0 Å². The van der Waals surface area contributed by atoms with E-state index in [-0.39, 0.29) is 0 Å². The number of primary amides is 1. The van der Waals surface area contributed by atoms with Crippen molar-refractivity contribution < 1.29 is 4.79 Å².